The molecule has 5 nitrogen and oxygen atoms in total. The van der Waals surface area contributed by atoms with Crippen LogP contribution in [0, 0.1) is 25.0 Å². The van der Waals surface area contributed by atoms with Crippen LogP contribution in [0.2, 0.25) is 0 Å². The molecule has 0 aliphatic rings. The Morgan fingerprint density at radius 2 is 2.20 bits per heavy atom. The predicted molar refractivity (Wildman–Crippen MR) is 60.7 cm³/mol. The van der Waals surface area contributed by atoms with Gasteiger partial charge in [0.25, 0.3) is 10.9 Å². The average molecular weight is 336 g/mol. The Balaban J connectivity index is 3.64. The molecule has 7 heteroatoms. The fraction of sp³-hybridized carbons (Fsp3) is 0. The fourth-order valence-corrected chi connectivity index (χ4v) is 1.80. The van der Waals surface area contributed by atoms with Crippen molar-refractivity contribution in [2.75, 3.05) is 0 Å². The number of hydrogen-bond donors (Lipinski definition) is 0. The van der Waals surface area contributed by atoms with Crippen LogP contribution in [0.25, 0.3) is 0 Å². The van der Waals surface area contributed by atoms with Gasteiger partial charge in [-0.1, -0.05) is 0 Å². The largest absolute Gasteiger partial charge is 0.299 e. The molecule has 1 aromatic rings. The number of nitro groups is 1. The second-order valence-corrected chi connectivity index (χ2v) is 4.08. The van der Waals surface area contributed by atoms with E-state index in [1.807, 2.05) is 22.6 Å². The molecule has 0 atom stereocenters. The van der Waals surface area contributed by atoms with Crippen molar-refractivity contribution >= 4 is 45.1 Å². The van der Waals surface area contributed by atoms with Gasteiger partial charge in [0, 0.05) is 3.57 Å². The second kappa shape index (κ2) is 4.55. The summed E-state index contributed by atoms with van der Waals surface area (Å²) >= 11 is 7.04. The maximum absolute atomic E-state index is 10.9. The Hall–Kier alpha value is -1.20. The van der Waals surface area contributed by atoms with Crippen LogP contribution in [0.3, 0.4) is 0 Å². The fourth-order valence-electron chi connectivity index (χ4n) is 1.03. The Bertz CT molecular complexity index is 495. The molecule has 0 aliphatic carbocycles. The SMILES string of the molecule is N#Cc1cc(I)cc(C(=O)Cl)c1[N+](=O)[O-]. The smallest absolute Gasteiger partial charge is 0.275 e. The van der Waals surface area contributed by atoms with E-state index in [-0.39, 0.29) is 11.1 Å². The highest BCUT2D eigenvalue weighted by atomic mass is 127. The topological polar surface area (TPSA) is 84.0 Å². The summed E-state index contributed by atoms with van der Waals surface area (Å²) in [7, 11) is 0. The zero-order valence-electron chi connectivity index (χ0n) is 7.03. The minimum Gasteiger partial charge on any atom is -0.275 e. The summed E-state index contributed by atoms with van der Waals surface area (Å²) in [6.45, 7) is 0. The van der Waals surface area contributed by atoms with E-state index < -0.39 is 15.9 Å². The first-order valence-corrected chi connectivity index (χ1v) is 5.01. The van der Waals surface area contributed by atoms with Crippen molar-refractivity contribution in [2.45, 2.75) is 0 Å². The monoisotopic (exact) mass is 336 g/mol. The zero-order chi connectivity index (χ0) is 11.6. The highest BCUT2D eigenvalue weighted by Gasteiger charge is 2.24. The van der Waals surface area contributed by atoms with Crippen molar-refractivity contribution in [2.24, 2.45) is 0 Å². The van der Waals surface area contributed by atoms with E-state index in [4.69, 9.17) is 16.9 Å². The number of nitriles is 1. The molecule has 0 amide bonds. The van der Waals surface area contributed by atoms with Crippen molar-refractivity contribution in [1.82, 2.24) is 0 Å². The minimum absolute atomic E-state index is 0.170. The van der Waals surface area contributed by atoms with E-state index in [1.165, 1.54) is 12.1 Å². The van der Waals surface area contributed by atoms with Gasteiger partial charge in [0.15, 0.2) is 0 Å². The van der Waals surface area contributed by atoms with Gasteiger partial charge in [-0.25, -0.2) is 0 Å². The van der Waals surface area contributed by atoms with Crippen LogP contribution in [0.15, 0.2) is 12.1 Å². The standard InChI is InChI=1S/C8H2ClIN2O3/c9-8(13)6-2-5(10)1-4(3-11)7(6)12(14)15/h1-2H. The molecule has 0 saturated heterocycles. The van der Waals surface area contributed by atoms with Crippen LogP contribution < -0.4 is 0 Å². The van der Waals surface area contributed by atoms with Gasteiger partial charge in [-0.05, 0) is 46.3 Å². The number of nitro benzene ring substituents is 1. The van der Waals surface area contributed by atoms with Gasteiger partial charge in [-0.2, -0.15) is 5.26 Å². The van der Waals surface area contributed by atoms with Crippen molar-refractivity contribution in [3.05, 3.63) is 36.9 Å². The molecule has 1 rings (SSSR count). The highest BCUT2D eigenvalue weighted by molar-refractivity contribution is 14.1. The van der Waals surface area contributed by atoms with E-state index in [1.54, 1.807) is 6.07 Å². The minimum atomic E-state index is -0.947. The predicted octanol–water partition coefficient (Wildman–Crippen LogP) is 2.45. The maximum Gasteiger partial charge on any atom is 0.299 e. The number of hydrogen-bond acceptors (Lipinski definition) is 4. The van der Waals surface area contributed by atoms with Crippen LogP contribution in [0.4, 0.5) is 5.69 Å². The molecule has 0 heterocycles. The van der Waals surface area contributed by atoms with Crippen molar-refractivity contribution < 1.29 is 9.72 Å². The molecule has 0 aromatic heterocycles. The highest BCUT2D eigenvalue weighted by Crippen LogP contribution is 2.27. The van der Waals surface area contributed by atoms with Crippen molar-refractivity contribution in [3.63, 3.8) is 0 Å². The maximum atomic E-state index is 10.9. The molecule has 0 fully saturated rings. The van der Waals surface area contributed by atoms with E-state index in [2.05, 4.69) is 0 Å². The van der Waals surface area contributed by atoms with Gasteiger partial charge in [0.1, 0.15) is 17.2 Å². The first-order chi connectivity index (χ1) is 6.97. The summed E-state index contributed by atoms with van der Waals surface area (Å²) in [5, 5.41) is 18.4. The first kappa shape index (κ1) is 11.9. The summed E-state index contributed by atoms with van der Waals surface area (Å²) in [5.41, 5.74) is -0.973. The number of nitrogens with zero attached hydrogens (tertiary/aromatic N) is 2. The lowest BCUT2D eigenvalue weighted by Crippen LogP contribution is -2.02. The van der Waals surface area contributed by atoms with Crippen LogP contribution in [0.1, 0.15) is 15.9 Å². The molecular formula is C8H2ClIN2O3. The Morgan fingerprint density at radius 3 is 2.60 bits per heavy atom. The van der Waals surface area contributed by atoms with E-state index in [9.17, 15) is 14.9 Å². The summed E-state index contributed by atoms with van der Waals surface area (Å²) in [5.74, 6) is 0. The van der Waals surface area contributed by atoms with Crippen LogP contribution in [-0.4, -0.2) is 10.2 Å². The lowest BCUT2D eigenvalue weighted by molar-refractivity contribution is -0.385. The summed E-state index contributed by atoms with van der Waals surface area (Å²) < 4.78 is 0.541. The molecule has 0 aliphatic heterocycles. The average Bonchev–Trinajstić information content (AvgIpc) is 2.15. The molecule has 0 unspecified atom stereocenters. The molecule has 1 aromatic carbocycles. The normalized spacial score (nSPS) is 9.40. The number of benzene rings is 1. The third kappa shape index (κ3) is 2.43. The van der Waals surface area contributed by atoms with E-state index >= 15 is 0 Å². The molecule has 0 saturated carbocycles. The molecule has 0 radical (unpaired) electrons. The number of rotatable bonds is 2. The van der Waals surface area contributed by atoms with Crippen LogP contribution in [0.5, 0.6) is 0 Å². The van der Waals surface area contributed by atoms with Crippen molar-refractivity contribution in [3.8, 4) is 6.07 Å². The molecule has 0 bridgehead atoms. The molecule has 76 valence electrons. The molecule has 15 heavy (non-hydrogen) atoms. The lowest BCUT2D eigenvalue weighted by Gasteiger charge is -2.00. The summed E-state index contributed by atoms with van der Waals surface area (Å²) in [6, 6.07) is 4.25. The Labute approximate surface area is 103 Å². The summed E-state index contributed by atoms with van der Waals surface area (Å²) in [6.07, 6.45) is 0. The van der Waals surface area contributed by atoms with Crippen LogP contribution >= 0.6 is 34.2 Å². The van der Waals surface area contributed by atoms with Gasteiger partial charge < -0.3 is 0 Å². The quantitative estimate of drug-likeness (QED) is 0.359. The van der Waals surface area contributed by atoms with Gasteiger partial charge in [0.2, 0.25) is 0 Å². The van der Waals surface area contributed by atoms with Crippen LogP contribution in [-0.2, 0) is 0 Å². The zero-order valence-corrected chi connectivity index (χ0v) is 9.94. The van der Waals surface area contributed by atoms with E-state index in [0.29, 0.717) is 3.57 Å². The van der Waals surface area contributed by atoms with Gasteiger partial charge in [0.05, 0.1) is 4.92 Å². The van der Waals surface area contributed by atoms with E-state index in [0.717, 1.165) is 0 Å². The number of carbonyl (C=O) groups is 1. The Morgan fingerprint density at radius 1 is 1.60 bits per heavy atom. The lowest BCUT2D eigenvalue weighted by atomic mass is 10.1. The van der Waals surface area contributed by atoms with Gasteiger partial charge in [-0.3, -0.25) is 14.9 Å². The molecule has 0 spiro atoms. The first-order valence-electron chi connectivity index (χ1n) is 3.55. The Kier molecular flexibility index (Phi) is 3.60. The van der Waals surface area contributed by atoms with Crippen molar-refractivity contribution in [1.29, 1.82) is 5.26 Å². The third-order valence-electron chi connectivity index (χ3n) is 1.59. The third-order valence-corrected chi connectivity index (χ3v) is 2.42. The second-order valence-electron chi connectivity index (χ2n) is 2.49. The molecule has 0 N–H and O–H groups in total. The number of halogens is 2. The molecular weight excluding hydrogens is 334 g/mol. The van der Waals surface area contributed by atoms with Gasteiger partial charge >= 0.3 is 0 Å². The number of carbonyl (C=O) groups excluding carboxylic acids is 1. The van der Waals surface area contributed by atoms with Gasteiger partial charge in [-0.15, -0.1) is 0 Å². The summed E-state index contributed by atoms with van der Waals surface area (Å²) in [4.78, 5) is 20.8.